The third kappa shape index (κ3) is 6.91. The van der Waals surface area contributed by atoms with Crippen molar-refractivity contribution in [3.8, 4) is 5.75 Å². The number of halogens is 4. The molecule has 1 saturated heterocycles. The van der Waals surface area contributed by atoms with E-state index in [0.29, 0.717) is 41.0 Å². The van der Waals surface area contributed by atoms with Crippen molar-refractivity contribution in [3.63, 3.8) is 0 Å². The largest absolute Gasteiger partial charge is 0.505 e. The lowest BCUT2D eigenvalue weighted by molar-refractivity contribution is -0.122. The Balaban J connectivity index is 1.61. The van der Waals surface area contributed by atoms with E-state index in [1.807, 2.05) is 0 Å². The van der Waals surface area contributed by atoms with Gasteiger partial charge < -0.3 is 19.3 Å². The van der Waals surface area contributed by atoms with Crippen LogP contribution in [0.1, 0.15) is 48.6 Å². The summed E-state index contributed by atoms with van der Waals surface area (Å²) in [5.41, 5.74) is 2.01. The Labute approximate surface area is 238 Å². The molecular formula is C31H28F4N2O5. The maximum atomic E-state index is 15.2. The molecule has 1 aliphatic heterocycles. The predicted molar refractivity (Wildman–Crippen MR) is 147 cm³/mol. The maximum absolute atomic E-state index is 15.2. The van der Waals surface area contributed by atoms with Crippen molar-refractivity contribution in [3.05, 3.63) is 95.4 Å². The second-order valence-electron chi connectivity index (χ2n) is 9.79. The molecule has 2 heterocycles. The summed E-state index contributed by atoms with van der Waals surface area (Å²) in [5, 5.41) is 12.8. The number of rotatable bonds is 9. The number of carbonyl (C=O) groups is 1. The van der Waals surface area contributed by atoms with Gasteiger partial charge in [0.25, 0.3) is 0 Å². The SMILES string of the molecule is O=C(O)OCCOc1ccc(C(=C(CC(F)(F)F)c2ccccc2)c2ccc3c(c2)c(F)nn3C2CCCCO2)cc1. The fourth-order valence-corrected chi connectivity index (χ4v) is 5.09. The Morgan fingerprint density at radius 2 is 1.71 bits per heavy atom. The van der Waals surface area contributed by atoms with Gasteiger partial charge >= 0.3 is 12.3 Å². The van der Waals surface area contributed by atoms with Gasteiger partial charge in [-0.3, -0.25) is 0 Å². The zero-order valence-electron chi connectivity index (χ0n) is 22.4. The van der Waals surface area contributed by atoms with Crippen molar-refractivity contribution in [1.29, 1.82) is 0 Å². The first-order valence-electron chi connectivity index (χ1n) is 13.4. The van der Waals surface area contributed by atoms with E-state index in [9.17, 15) is 18.0 Å². The molecular weight excluding hydrogens is 556 g/mol. The highest BCUT2D eigenvalue weighted by molar-refractivity contribution is 6.00. The minimum absolute atomic E-state index is 0.0226. The van der Waals surface area contributed by atoms with E-state index in [4.69, 9.17) is 14.6 Å². The van der Waals surface area contributed by atoms with Crippen LogP contribution in [0.5, 0.6) is 5.75 Å². The fourth-order valence-electron chi connectivity index (χ4n) is 5.09. The maximum Gasteiger partial charge on any atom is 0.505 e. The van der Waals surface area contributed by atoms with Crippen LogP contribution in [0.2, 0.25) is 0 Å². The Hall–Kier alpha value is -4.38. The van der Waals surface area contributed by atoms with Crippen LogP contribution in [0.3, 0.4) is 0 Å². The lowest BCUT2D eigenvalue weighted by atomic mass is 9.87. The molecule has 0 saturated carbocycles. The van der Waals surface area contributed by atoms with Gasteiger partial charge in [0.05, 0.1) is 17.3 Å². The molecule has 1 aliphatic rings. The van der Waals surface area contributed by atoms with Gasteiger partial charge in [-0.2, -0.15) is 17.6 Å². The van der Waals surface area contributed by atoms with Gasteiger partial charge in [0.2, 0.25) is 5.95 Å². The lowest BCUT2D eigenvalue weighted by Crippen LogP contribution is -2.19. The first-order chi connectivity index (χ1) is 20.2. The summed E-state index contributed by atoms with van der Waals surface area (Å²) in [4.78, 5) is 10.5. The smallest absolute Gasteiger partial charge is 0.490 e. The summed E-state index contributed by atoms with van der Waals surface area (Å²) < 4.78 is 74.5. The highest BCUT2D eigenvalue weighted by Crippen LogP contribution is 2.41. The number of fused-ring (bicyclic) bond motifs is 1. The minimum Gasteiger partial charge on any atom is -0.490 e. The first-order valence-corrected chi connectivity index (χ1v) is 13.4. The van der Waals surface area contributed by atoms with Crippen molar-refractivity contribution in [1.82, 2.24) is 9.78 Å². The Bertz CT molecular complexity index is 1560. The number of carboxylic acid groups (broad SMARTS) is 1. The number of aromatic nitrogens is 2. The third-order valence-electron chi connectivity index (χ3n) is 6.90. The van der Waals surface area contributed by atoms with Crippen LogP contribution < -0.4 is 4.74 Å². The zero-order chi connectivity index (χ0) is 29.7. The summed E-state index contributed by atoms with van der Waals surface area (Å²) in [6, 6.07) is 19.5. The van der Waals surface area contributed by atoms with Crippen LogP contribution in [0, 0.1) is 5.95 Å². The summed E-state index contributed by atoms with van der Waals surface area (Å²) in [6.07, 6.45) is -5.06. The molecule has 4 aromatic rings. The van der Waals surface area contributed by atoms with Gasteiger partial charge in [-0.25, -0.2) is 9.48 Å². The van der Waals surface area contributed by atoms with Crippen molar-refractivity contribution >= 4 is 28.2 Å². The minimum atomic E-state index is -4.53. The van der Waals surface area contributed by atoms with Crippen molar-refractivity contribution < 1.29 is 41.7 Å². The third-order valence-corrected chi connectivity index (χ3v) is 6.90. The summed E-state index contributed by atoms with van der Waals surface area (Å²) in [6.45, 7) is 0.322. The molecule has 0 radical (unpaired) electrons. The van der Waals surface area contributed by atoms with Crippen LogP contribution in [-0.2, 0) is 9.47 Å². The number of hydrogen-bond acceptors (Lipinski definition) is 5. The van der Waals surface area contributed by atoms with E-state index in [1.165, 1.54) is 10.7 Å². The fraction of sp³-hybridized carbons (Fsp3) is 0.290. The van der Waals surface area contributed by atoms with E-state index in [1.54, 1.807) is 66.7 Å². The second kappa shape index (κ2) is 12.6. The number of ether oxygens (including phenoxy) is 3. The Kier molecular flexibility index (Phi) is 8.77. The number of alkyl halides is 3. The van der Waals surface area contributed by atoms with Crippen LogP contribution in [0.4, 0.5) is 22.4 Å². The van der Waals surface area contributed by atoms with Crippen LogP contribution >= 0.6 is 0 Å². The van der Waals surface area contributed by atoms with E-state index in [-0.39, 0.29) is 29.7 Å². The summed E-state index contributed by atoms with van der Waals surface area (Å²) >= 11 is 0. The molecule has 220 valence electrons. The van der Waals surface area contributed by atoms with Gasteiger partial charge in [0, 0.05) is 6.61 Å². The van der Waals surface area contributed by atoms with Gasteiger partial charge in [-0.05, 0) is 71.4 Å². The Morgan fingerprint density at radius 1 is 0.976 bits per heavy atom. The average molecular weight is 585 g/mol. The van der Waals surface area contributed by atoms with Crippen molar-refractivity contribution in [2.75, 3.05) is 19.8 Å². The standard InChI is InChI=1S/C31H28F4N2O5/c32-29-24-18-22(11-14-26(24)37(36-29)27-8-4-5-15-41-27)28(25(19-31(33,34)35)20-6-2-1-3-7-20)21-9-12-23(13-10-21)40-16-17-42-30(38)39/h1-3,6-7,9-14,18,27H,4-5,8,15-17,19H2,(H,38,39). The van der Waals surface area contributed by atoms with Crippen molar-refractivity contribution in [2.24, 2.45) is 0 Å². The zero-order valence-corrected chi connectivity index (χ0v) is 22.4. The van der Waals surface area contributed by atoms with Crippen LogP contribution in [-0.4, -0.2) is 47.0 Å². The predicted octanol–water partition coefficient (Wildman–Crippen LogP) is 7.86. The highest BCUT2D eigenvalue weighted by Gasteiger charge is 2.32. The van der Waals surface area contributed by atoms with Crippen molar-refractivity contribution in [2.45, 2.75) is 38.1 Å². The lowest BCUT2D eigenvalue weighted by Gasteiger charge is -2.23. The molecule has 0 amide bonds. The number of allylic oxidation sites excluding steroid dienone is 1. The molecule has 42 heavy (non-hydrogen) atoms. The first kappa shape index (κ1) is 29.1. The normalized spacial score (nSPS) is 16.2. The number of hydrogen-bond donors (Lipinski definition) is 1. The summed E-state index contributed by atoms with van der Waals surface area (Å²) in [5.74, 6) is -0.357. The van der Waals surface area contributed by atoms with Gasteiger partial charge in [-0.1, -0.05) is 48.5 Å². The molecule has 3 aromatic carbocycles. The molecule has 0 spiro atoms. The van der Waals surface area contributed by atoms with E-state index >= 15 is 4.39 Å². The van der Waals surface area contributed by atoms with Crippen LogP contribution in [0.15, 0.2) is 72.8 Å². The molecule has 1 fully saturated rings. The molecule has 11 heteroatoms. The van der Waals surface area contributed by atoms with E-state index in [0.717, 1.165) is 12.8 Å². The van der Waals surface area contributed by atoms with Gasteiger partial charge in [0.15, 0.2) is 6.23 Å². The van der Waals surface area contributed by atoms with Gasteiger partial charge in [0.1, 0.15) is 19.0 Å². The average Bonchev–Trinajstić information content (AvgIpc) is 3.31. The molecule has 1 N–H and O–H groups in total. The molecule has 5 rings (SSSR count). The number of nitrogens with zero attached hydrogens (tertiary/aromatic N) is 2. The topological polar surface area (TPSA) is 82.8 Å². The quantitative estimate of drug-likeness (QED) is 0.0934. The number of benzene rings is 3. The van der Waals surface area contributed by atoms with E-state index in [2.05, 4.69) is 9.84 Å². The molecule has 0 aliphatic carbocycles. The molecule has 1 aromatic heterocycles. The van der Waals surface area contributed by atoms with Crippen LogP contribution in [0.25, 0.3) is 22.0 Å². The second-order valence-corrected chi connectivity index (χ2v) is 9.79. The summed E-state index contributed by atoms with van der Waals surface area (Å²) in [7, 11) is 0. The molecule has 1 unspecified atom stereocenters. The van der Waals surface area contributed by atoms with Gasteiger partial charge in [-0.15, -0.1) is 5.10 Å². The monoisotopic (exact) mass is 584 g/mol. The molecule has 1 atom stereocenters. The molecule has 0 bridgehead atoms. The van der Waals surface area contributed by atoms with E-state index < -0.39 is 30.9 Å². The highest BCUT2D eigenvalue weighted by atomic mass is 19.4. The molecule has 7 nitrogen and oxygen atoms in total. The Morgan fingerprint density at radius 3 is 2.38 bits per heavy atom.